The first-order chi connectivity index (χ1) is 6.49. The number of rotatable bonds is 3. The van der Waals surface area contributed by atoms with Gasteiger partial charge in [-0.25, -0.2) is 8.78 Å². The fourth-order valence-corrected chi connectivity index (χ4v) is 1.13. The highest BCUT2D eigenvalue weighted by Crippen LogP contribution is 2.09. The Labute approximate surface area is 80.7 Å². The Morgan fingerprint density at radius 3 is 2.29 bits per heavy atom. The maximum absolute atomic E-state index is 12.7. The standard InChI is InChI=1S/C10H11F2NO/c1-6(14)10(13)4-7-2-8(11)5-9(12)3-7/h2-3,5,10H,4,13H2,1H3. The molecule has 2 nitrogen and oxygen atoms in total. The smallest absolute Gasteiger partial charge is 0.146 e. The first kappa shape index (κ1) is 10.8. The second-order valence-corrected chi connectivity index (χ2v) is 3.20. The molecule has 1 aromatic carbocycles. The van der Waals surface area contributed by atoms with Gasteiger partial charge in [0, 0.05) is 6.07 Å². The molecular weight excluding hydrogens is 188 g/mol. The molecule has 0 aliphatic rings. The average Bonchev–Trinajstić information content (AvgIpc) is 2.01. The van der Waals surface area contributed by atoms with Gasteiger partial charge in [-0.2, -0.15) is 0 Å². The molecule has 0 spiro atoms. The Kier molecular flexibility index (Phi) is 3.30. The van der Waals surface area contributed by atoms with Crippen LogP contribution in [0.3, 0.4) is 0 Å². The lowest BCUT2D eigenvalue weighted by Gasteiger charge is -2.07. The highest BCUT2D eigenvalue weighted by atomic mass is 19.1. The Balaban J connectivity index is 2.81. The van der Waals surface area contributed by atoms with Crippen LogP contribution in [0.2, 0.25) is 0 Å². The monoisotopic (exact) mass is 199 g/mol. The van der Waals surface area contributed by atoms with Crippen molar-refractivity contribution < 1.29 is 13.6 Å². The lowest BCUT2D eigenvalue weighted by atomic mass is 10.0. The van der Waals surface area contributed by atoms with E-state index in [1.54, 1.807) is 0 Å². The van der Waals surface area contributed by atoms with Gasteiger partial charge in [-0.1, -0.05) is 0 Å². The second-order valence-electron chi connectivity index (χ2n) is 3.20. The minimum Gasteiger partial charge on any atom is -0.321 e. The number of benzene rings is 1. The van der Waals surface area contributed by atoms with Crippen molar-refractivity contribution in [1.82, 2.24) is 0 Å². The van der Waals surface area contributed by atoms with E-state index in [1.807, 2.05) is 0 Å². The first-order valence-electron chi connectivity index (χ1n) is 4.20. The average molecular weight is 199 g/mol. The van der Waals surface area contributed by atoms with Gasteiger partial charge in [0.25, 0.3) is 0 Å². The Morgan fingerprint density at radius 2 is 1.86 bits per heavy atom. The van der Waals surface area contributed by atoms with Gasteiger partial charge in [-0.15, -0.1) is 0 Å². The van der Waals surface area contributed by atoms with Crippen LogP contribution in [0.5, 0.6) is 0 Å². The van der Waals surface area contributed by atoms with Crippen molar-refractivity contribution in [3.05, 3.63) is 35.4 Å². The zero-order valence-corrected chi connectivity index (χ0v) is 7.76. The van der Waals surface area contributed by atoms with Gasteiger partial charge in [0.05, 0.1) is 6.04 Å². The van der Waals surface area contributed by atoms with Crippen LogP contribution in [0.15, 0.2) is 18.2 Å². The molecule has 1 aromatic rings. The number of ketones is 1. The van der Waals surface area contributed by atoms with Gasteiger partial charge >= 0.3 is 0 Å². The summed E-state index contributed by atoms with van der Waals surface area (Å²) in [5.74, 6) is -1.51. The molecule has 0 bridgehead atoms. The van der Waals surface area contributed by atoms with Crippen LogP contribution in [-0.4, -0.2) is 11.8 Å². The topological polar surface area (TPSA) is 43.1 Å². The van der Waals surface area contributed by atoms with Crippen molar-refractivity contribution in [3.8, 4) is 0 Å². The molecule has 0 aliphatic heterocycles. The van der Waals surface area contributed by atoms with Gasteiger partial charge in [0.15, 0.2) is 0 Å². The third-order valence-electron chi connectivity index (χ3n) is 1.90. The SMILES string of the molecule is CC(=O)C(N)Cc1cc(F)cc(F)c1. The number of carbonyl (C=O) groups excluding carboxylic acids is 1. The molecule has 0 aliphatic carbocycles. The van der Waals surface area contributed by atoms with Crippen LogP contribution in [0, 0.1) is 11.6 Å². The molecule has 0 fully saturated rings. The molecule has 4 heteroatoms. The molecular formula is C10H11F2NO. The molecule has 0 saturated carbocycles. The van der Waals surface area contributed by atoms with Gasteiger partial charge in [-0.05, 0) is 31.0 Å². The Morgan fingerprint density at radius 1 is 1.36 bits per heavy atom. The molecule has 0 radical (unpaired) electrons. The summed E-state index contributed by atoms with van der Waals surface area (Å²) >= 11 is 0. The summed E-state index contributed by atoms with van der Waals surface area (Å²) in [7, 11) is 0. The van der Waals surface area contributed by atoms with E-state index in [0.717, 1.165) is 6.07 Å². The van der Waals surface area contributed by atoms with Crippen molar-refractivity contribution in [2.24, 2.45) is 5.73 Å². The number of hydrogen-bond acceptors (Lipinski definition) is 2. The van der Waals surface area contributed by atoms with Gasteiger partial charge in [0.2, 0.25) is 0 Å². The first-order valence-corrected chi connectivity index (χ1v) is 4.20. The minimum atomic E-state index is -0.698. The highest BCUT2D eigenvalue weighted by molar-refractivity contribution is 5.81. The Hall–Kier alpha value is -1.29. The second kappa shape index (κ2) is 4.28. The summed E-state index contributed by atoms with van der Waals surface area (Å²) in [6.07, 6.45) is 0.157. The van der Waals surface area contributed by atoms with Crippen LogP contribution < -0.4 is 5.73 Å². The lowest BCUT2D eigenvalue weighted by Crippen LogP contribution is -2.30. The fraction of sp³-hybridized carbons (Fsp3) is 0.300. The molecule has 1 unspecified atom stereocenters. The summed E-state index contributed by atoms with van der Waals surface area (Å²) in [5, 5.41) is 0. The summed E-state index contributed by atoms with van der Waals surface area (Å²) < 4.78 is 25.4. The van der Waals surface area contributed by atoms with E-state index in [0.29, 0.717) is 5.56 Å². The van der Waals surface area contributed by atoms with E-state index < -0.39 is 17.7 Å². The molecule has 1 atom stereocenters. The zero-order valence-electron chi connectivity index (χ0n) is 7.76. The molecule has 14 heavy (non-hydrogen) atoms. The molecule has 0 amide bonds. The fourth-order valence-electron chi connectivity index (χ4n) is 1.13. The molecule has 2 N–H and O–H groups in total. The van der Waals surface area contributed by atoms with Crippen molar-refractivity contribution in [2.75, 3.05) is 0 Å². The third-order valence-corrected chi connectivity index (χ3v) is 1.90. The van der Waals surface area contributed by atoms with Crippen LogP contribution in [0.1, 0.15) is 12.5 Å². The van der Waals surface area contributed by atoms with Crippen molar-refractivity contribution in [2.45, 2.75) is 19.4 Å². The largest absolute Gasteiger partial charge is 0.321 e. The van der Waals surface area contributed by atoms with Gasteiger partial charge in [-0.3, -0.25) is 4.79 Å². The summed E-state index contributed by atoms with van der Waals surface area (Å²) in [6, 6.07) is 2.43. The van der Waals surface area contributed by atoms with E-state index in [4.69, 9.17) is 5.73 Å². The van der Waals surface area contributed by atoms with Crippen molar-refractivity contribution >= 4 is 5.78 Å². The van der Waals surface area contributed by atoms with Crippen LogP contribution >= 0.6 is 0 Å². The van der Waals surface area contributed by atoms with E-state index in [-0.39, 0.29) is 12.2 Å². The summed E-state index contributed by atoms with van der Waals surface area (Å²) in [6.45, 7) is 1.35. The normalized spacial score (nSPS) is 12.6. The predicted molar refractivity (Wildman–Crippen MR) is 48.7 cm³/mol. The molecule has 0 saturated heterocycles. The molecule has 76 valence electrons. The van der Waals surface area contributed by atoms with Gasteiger partial charge < -0.3 is 5.73 Å². The number of nitrogens with two attached hydrogens (primary N) is 1. The van der Waals surface area contributed by atoms with Crippen molar-refractivity contribution in [3.63, 3.8) is 0 Å². The van der Waals surface area contributed by atoms with Crippen molar-refractivity contribution in [1.29, 1.82) is 0 Å². The number of carbonyl (C=O) groups is 1. The van der Waals surface area contributed by atoms with Gasteiger partial charge in [0.1, 0.15) is 17.4 Å². The van der Waals surface area contributed by atoms with Crippen LogP contribution in [0.25, 0.3) is 0 Å². The quantitative estimate of drug-likeness (QED) is 0.800. The third kappa shape index (κ3) is 2.88. The molecule has 0 aromatic heterocycles. The van der Waals surface area contributed by atoms with E-state index in [9.17, 15) is 13.6 Å². The van der Waals surface area contributed by atoms with E-state index >= 15 is 0 Å². The van der Waals surface area contributed by atoms with E-state index in [2.05, 4.69) is 0 Å². The predicted octanol–water partition coefficient (Wildman–Crippen LogP) is 1.42. The summed E-state index contributed by atoms with van der Waals surface area (Å²) in [5.41, 5.74) is 5.85. The Bertz CT molecular complexity index is 332. The maximum atomic E-state index is 12.7. The molecule has 1 rings (SSSR count). The number of halogens is 2. The lowest BCUT2D eigenvalue weighted by molar-refractivity contribution is -0.118. The minimum absolute atomic E-state index is 0.157. The zero-order chi connectivity index (χ0) is 10.7. The number of Topliss-reactive ketones (excluding diaryl/α,β-unsaturated/α-hetero) is 1. The van der Waals surface area contributed by atoms with Crippen LogP contribution in [-0.2, 0) is 11.2 Å². The maximum Gasteiger partial charge on any atom is 0.146 e. The van der Waals surface area contributed by atoms with Crippen LogP contribution in [0.4, 0.5) is 8.78 Å². The molecule has 0 heterocycles. The highest BCUT2D eigenvalue weighted by Gasteiger charge is 2.10. The van der Waals surface area contributed by atoms with E-state index in [1.165, 1.54) is 19.1 Å². The summed E-state index contributed by atoms with van der Waals surface area (Å²) in [4.78, 5) is 10.8. The number of hydrogen-bond donors (Lipinski definition) is 1.